The summed E-state index contributed by atoms with van der Waals surface area (Å²) in [5, 5.41) is 6.06. The van der Waals surface area contributed by atoms with Crippen molar-refractivity contribution in [2.45, 2.75) is 19.8 Å². The predicted octanol–water partition coefficient (Wildman–Crippen LogP) is 1.78. The van der Waals surface area contributed by atoms with Gasteiger partial charge in [-0.2, -0.15) is 0 Å². The molecule has 0 fully saturated rings. The molecule has 19 heavy (non-hydrogen) atoms. The highest BCUT2D eigenvalue weighted by Gasteiger charge is 2.05. The summed E-state index contributed by atoms with van der Waals surface area (Å²) in [4.78, 5) is 11.9. The van der Waals surface area contributed by atoms with Crippen molar-refractivity contribution in [3.05, 3.63) is 35.4 Å². The van der Waals surface area contributed by atoms with Gasteiger partial charge in [0, 0.05) is 32.3 Å². The molecule has 2 N–H and O–H groups in total. The monoisotopic (exact) mass is 264 g/mol. The maximum absolute atomic E-state index is 11.9. The van der Waals surface area contributed by atoms with E-state index in [9.17, 15) is 4.79 Å². The Balaban J connectivity index is 2.29. The van der Waals surface area contributed by atoms with Gasteiger partial charge >= 0.3 is 0 Å². The molecule has 0 unspecified atom stereocenters. The lowest BCUT2D eigenvalue weighted by molar-refractivity contribution is 0.0953. The molecule has 0 radical (unpaired) electrons. The van der Waals surface area contributed by atoms with Gasteiger partial charge in [0.05, 0.1) is 6.61 Å². The van der Waals surface area contributed by atoms with E-state index in [1.807, 2.05) is 24.3 Å². The summed E-state index contributed by atoms with van der Waals surface area (Å²) in [5.41, 5.74) is 1.96. The van der Waals surface area contributed by atoms with Crippen LogP contribution in [0.3, 0.4) is 0 Å². The quantitative estimate of drug-likeness (QED) is 0.704. The van der Waals surface area contributed by atoms with Crippen molar-refractivity contribution >= 4 is 5.91 Å². The van der Waals surface area contributed by atoms with Crippen molar-refractivity contribution in [3.8, 4) is 0 Å². The molecule has 0 bridgehead atoms. The second-order valence-corrected chi connectivity index (χ2v) is 4.78. The zero-order valence-electron chi connectivity index (χ0n) is 12.0. The van der Waals surface area contributed by atoms with Crippen molar-refractivity contribution in [2.75, 3.05) is 33.4 Å². The molecule has 0 heterocycles. The largest absolute Gasteiger partial charge is 0.383 e. The molecule has 0 saturated heterocycles. The number of methoxy groups -OCH3 is 1. The standard InChI is InChI=1S/C15H24N2O2/c1-12(2)13-4-6-14(7-5-13)15(18)17-9-8-16-10-11-19-3/h4-7,12,16H,8-11H2,1-3H3,(H,17,18). The highest BCUT2D eigenvalue weighted by atomic mass is 16.5. The van der Waals surface area contributed by atoms with Crippen LogP contribution >= 0.6 is 0 Å². The van der Waals surface area contributed by atoms with Crippen LogP contribution in [0.5, 0.6) is 0 Å². The molecule has 0 aliphatic heterocycles. The van der Waals surface area contributed by atoms with Crippen molar-refractivity contribution in [1.82, 2.24) is 10.6 Å². The summed E-state index contributed by atoms with van der Waals surface area (Å²) < 4.78 is 4.92. The lowest BCUT2D eigenvalue weighted by Crippen LogP contribution is -2.33. The zero-order valence-corrected chi connectivity index (χ0v) is 12.0. The molecule has 1 aromatic rings. The number of hydrogen-bond donors (Lipinski definition) is 2. The van der Waals surface area contributed by atoms with Crippen LogP contribution < -0.4 is 10.6 Å². The first-order valence-corrected chi connectivity index (χ1v) is 6.73. The number of rotatable bonds is 8. The third-order valence-electron chi connectivity index (χ3n) is 2.91. The second kappa shape index (κ2) is 8.67. The van der Waals surface area contributed by atoms with Gasteiger partial charge in [0.15, 0.2) is 0 Å². The fourth-order valence-corrected chi connectivity index (χ4v) is 1.69. The fourth-order valence-electron chi connectivity index (χ4n) is 1.69. The Labute approximate surface area is 115 Å². The average Bonchev–Trinajstić information content (AvgIpc) is 2.42. The Morgan fingerprint density at radius 2 is 1.84 bits per heavy atom. The maximum atomic E-state index is 11.9. The molecular weight excluding hydrogens is 240 g/mol. The van der Waals surface area contributed by atoms with E-state index in [1.54, 1.807) is 7.11 Å². The van der Waals surface area contributed by atoms with E-state index in [1.165, 1.54) is 5.56 Å². The van der Waals surface area contributed by atoms with E-state index in [-0.39, 0.29) is 5.91 Å². The molecule has 0 aliphatic carbocycles. The molecule has 1 rings (SSSR count). The normalized spacial score (nSPS) is 10.7. The van der Waals surface area contributed by atoms with E-state index in [0.29, 0.717) is 24.6 Å². The van der Waals surface area contributed by atoms with Crippen LogP contribution in [0.25, 0.3) is 0 Å². The molecule has 0 aliphatic rings. The molecule has 0 atom stereocenters. The summed E-state index contributed by atoms with van der Waals surface area (Å²) in [6.07, 6.45) is 0. The van der Waals surface area contributed by atoms with Crippen LogP contribution in [-0.4, -0.2) is 39.3 Å². The lowest BCUT2D eigenvalue weighted by atomic mass is 10.0. The van der Waals surface area contributed by atoms with E-state index < -0.39 is 0 Å². The summed E-state index contributed by atoms with van der Waals surface area (Å²) in [6, 6.07) is 7.78. The van der Waals surface area contributed by atoms with Gasteiger partial charge in [-0.3, -0.25) is 4.79 Å². The van der Waals surface area contributed by atoms with Gasteiger partial charge in [-0.25, -0.2) is 0 Å². The minimum Gasteiger partial charge on any atom is -0.383 e. The first kappa shape index (κ1) is 15.7. The smallest absolute Gasteiger partial charge is 0.251 e. The number of ether oxygens (including phenoxy) is 1. The van der Waals surface area contributed by atoms with Crippen molar-refractivity contribution in [2.24, 2.45) is 0 Å². The minimum absolute atomic E-state index is 0.0242. The van der Waals surface area contributed by atoms with Gasteiger partial charge in [0.25, 0.3) is 5.91 Å². The molecule has 1 amide bonds. The highest BCUT2D eigenvalue weighted by Crippen LogP contribution is 2.14. The maximum Gasteiger partial charge on any atom is 0.251 e. The van der Waals surface area contributed by atoms with Crippen molar-refractivity contribution in [3.63, 3.8) is 0 Å². The van der Waals surface area contributed by atoms with Gasteiger partial charge in [0.1, 0.15) is 0 Å². The van der Waals surface area contributed by atoms with Gasteiger partial charge in [-0.05, 0) is 23.6 Å². The highest BCUT2D eigenvalue weighted by molar-refractivity contribution is 5.94. The second-order valence-electron chi connectivity index (χ2n) is 4.78. The van der Waals surface area contributed by atoms with Crippen molar-refractivity contribution in [1.29, 1.82) is 0 Å². The average molecular weight is 264 g/mol. The Morgan fingerprint density at radius 1 is 1.16 bits per heavy atom. The van der Waals surface area contributed by atoms with Crippen LogP contribution in [0, 0.1) is 0 Å². The van der Waals surface area contributed by atoms with Gasteiger partial charge in [-0.1, -0.05) is 26.0 Å². The summed E-state index contributed by atoms with van der Waals surface area (Å²) in [7, 11) is 1.67. The summed E-state index contributed by atoms with van der Waals surface area (Å²) in [6.45, 7) is 7.13. The number of carbonyl (C=O) groups excluding carboxylic acids is 1. The molecule has 0 spiro atoms. The third kappa shape index (κ3) is 5.85. The lowest BCUT2D eigenvalue weighted by Gasteiger charge is -2.08. The van der Waals surface area contributed by atoms with E-state index in [4.69, 9.17) is 4.74 Å². The van der Waals surface area contributed by atoms with E-state index >= 15 is 0 Å². The number of benzene rings is 1. The Kier molecular flexibility index (Phi) is 7.15. The number of carbonyl (C=O) groups is 1. The van der Waals surface area contributed by atoms with Crippen LogP contribution in [0.15, 0.2) is 24.3 Å². The van der Waals surface area contributed by atoms with E-state index in [2.05, 4.69) is 24.5 Å². The molecule has 106 valence electrons. The molecule has 4 nitrogen and oxygen atoms in total. The molecular formula is C15H24N2O2. The first-order chi connectivity index (χ1) is 9.15. The number of hydrogen-bond acceptors (Lipinski definition) is 3. The van der Waals surface area contributed by atoms with Gasteiger partial charge in [-0.15, -0.1) is 0 Å². The Hall–Kier alpha value is -1.39. The van der Waals surface area contributed by atoms with E-state index in [0.717, 1.165) is 13.1 Å². The summed E-state index contributed by atoms with van der Waals surface area (Å²) >= 11 is 0. The van der Waals surface area contributed by atoms with Gasteiger partial charge in [0.2, 0.25) is 0 Å². The number of nitrogens with one attached hydrogen (secondary N) is 2. The molecule has 0 saturated carbocycles. The van der Waals surface area contributed by atoms with Crippen LogP contribution in [0.1, 0.15) is 35.7 Å². The third-order valence-corrected chi connectivity index (χ3v) is 2.91. The Morgan fingerprint density at radius 3 is 2.42 bits per heavy atom. The molecule has 1 aromatic carbocycles. The van der Waals surface area contributed by atoms with Crippen molar-refractivity contribution < 1.29 is 9.53 Å². The molecule has 4 heteroatoms. The fraction of sp³-hybridized carbons (Fsp3) is 0.533. The van der Waals surface area contributed by atoms with Gasteiger partial charge < -0.3 is 15.4 Å². The zero-order chi connectivity index (χ0) is 14.1. The topological polar surface area (TPSA) is 50.4 Å². The van der Waals surface area contributed by atoms with Crippen LogP contribution in [0.2, 0.25) is 0 Å². The first-order valence-electron chi connectivity index (χ1n) is 6.73. The Bertz CT molecular complexity index is 374. The predicted molar refractivity (Wildman–Crippen MR) is 77.6 cm³/mol. The summed E-state index contributed by atoms with van der Waals surface area (Å²) in [5.74, 6) is 0.464. The minimum atomic E-state index is -0.0242. The number of amides is 1. The SMILES string of the molecule is COCCNCCNC(=O)c1ccc(C(C)C)cc1. The van der Waals surface area contributed by atoms with Crippen LogP contribution in [-0.2, 0) is 4.74 Å². The molecule has 0 aromatic heterocycles. The van der Waals surface area contributed by atoms with Crippen LogP contribution in [0.4, 0.5) is 0 Å².